The van der Waals surface area contributed by atoms with Crippen molar-refractivity contribution in [2.45, 2.75) is 52.5 Å². The number of carbonyl (C=O) groups is 1. The molecule has 0 bridgehead atoms. The van der Waals surface area contributed by atoms with E-state index in [1.165, 1.54) is 0 Å². The molecule has 0 unspecified atom stereocenters. The Hall–Kier alpha value is -2.44. The minimum Gasteiger partial charge on any atom is -0.355 e. The third-order valence-corrected chi connectivity index (χ3v) is 4.89. The van der Waals surface area contributed by atoms with E-state index in [4.69, 9.17) is 4.52 Å². The van der Waals surface area contributed by atoms with Crippen LogP contribution in [-0.2, 0) is 11.2 Å². The first-order valence-electron chi connectivity index (χ1n) is 9.45. The van der Waals surface area contributed by atoms with Crippen LogP contribution in [0.2, 0.25) is 0 Å². The van der Waals surface area contributed by atoms with E-state index < -0.39 is 0 Å². The summed E-state index contributed by atoms with van der Waals surface area (Å²) in [6.45, 7) is 7.62. The van der Waals surface area contributed by atoms with E-state index in [2.05, 4.69) is 32.3 Å². The van der Waals surface area contributed by atoms with Crippen molar-refractivity contribution in [1.29, 1.82) is 0 Å². The Morgan fingerprint density at radius 2 is 2.31 bits per heavy atom. The summed E-state index contributed by atoms with van der Waals surface area (Å²) in [6, 6.07) is 4.03. The average Bonchev–Trinajstić information content (AvgIpc) is 3.17. The van der Waals surface area contributed by atoms with Crippen LogP contribution >= 0.6 is 0 Å². The first-order valence-corrected chi connectivity index (χ1v) is 9.45. The molecule has 7 heteroatoms. The van der Waals surface area contributed by atoms with Crippen LogP contribution in [0.4, 0.5) is 5.82 Å². The number of amides is 1. The number of pyridine rings is 1. The number of aromatic nitrogens is 3. The molecule has 1 saturated heterocycles. The molecule has 0 aliphatic carbocycles. The van der Waals surface area contributed by atoms with E-state index in [1.807, 2.05) is 26.0 Å². The Morgan fingerprint density at radius 1 is 1.46 bits per heavy atom. The van der Waals surface area contributed by atoms with Gasteiger partial charge in [-0.25, -0.2) is 4.98 Å². The maximum Gasteiger partial charge on any atom is 0.226 e. The van der Waals surface area contributed by atoms with Gasteiger partial charge in [-0.3, -0.25) is 4.79 Å². The first kappa shape index (κ1) is 18.4. The largest absolute Gasteiger partial charge is 0.355 e. The van der Waals surface area contributed by atoms with Crippen molar-refractivity contribution in [2.24, 2.45) is 5.92 Å². The molecule has 2 aromatic rings. The molecule has 3 rings (SSSR count). The number of rotatable bonds is 6. The lowest BCUT2D eigenvalue weighted by Crippen LogP contribution is -2.45. The Morgan fingerprint density at radius 3 is 3.04 bits per heavy atom. The van der Waals surface area contributed by atoms with Crippen LogP contribution in [0.1, 0.15) is 45.9 Å². The van der Waals surface area contributed by atoms with Crippen molar-refractivity contribution in [3.63, 3.8) is 0 Å². The molecule has 3 heterocycles. The van der Waals surface area contributed by atoms with Gasteiger partial charge in [0.2, 0.25) is 17.6 Å². The number of carbonyl (C=O) groups excluding carboxylic acids is 1. The van der Waals surface area contributed by atoms with E-state index in [9.17, 15) is 4.79 Å². The highest BCUT2D eigenvalue weighted by atomic mass is 16.5. The number of nitrogens with zero attached hydrogens (tertiary/aromatic N) is 4. The molecular weight excluding hydrogens is 330 g/mol. The number of nitrogens with one attached hydrogen (secondary N) is 1. The lowest BCUT2D eigenvalue weighted by atomic mass is 9.96. The van der Waals surface area contributed by atoms with Crippen LogP contribution < -0.4 is 10.2 Å². The number of aryl methyl sites for hydroxylation is 1. The molecule has 1 aliphatic heterocycles. The van der Waals surface area contributed by atoms with Crippen LogP contribution in [0, 0.1) is 5.92 Å². The van der Waals surface area contributed by atoms with Crippen molar-refractivity contribution >= 4 is 11.7 Å². The third-order valence-electron chi connectivity index (χ3n) is 4.89. The zero-order valence-corrected chi connectivity index (χ0v) is 15.7. The fourth-order valence-electron chi connectivity index (χ4n) is 3.18. The fraction of sp³-hybridized carbons (Fsp3) is 0.579. The molecule has 1 aliphatic rings. The van der Waals surface area contributed by atoms with E-state index in [1.54, 1.807) is 6.20 Å². The second-order valence-electron chi connectivity index (χ2n) is 6.84. The predicted octanol–water partition coefficient (Wildman–Crippen LogP) is 2.83. The average molecular weight is 357 g/mol. The van der Waals surface area contributed by atoms with Gasteiger partial charge in [0, 0.05) is 31.7 Å². The second-order valence-corrected chi connectivity index (χ2v) is 6.84. The van der Waals surface area contributed by atoms with Crippen molar-refractivity contribution in [3.8, 4) is 11.4 Å². The highest BCUT2D eigenvalue weighted by Crippen LogP contribution is 2.30. The topological polar surface area (TPSA) is 84.2 Å². The molecule has 2 aromatic heterocycles. The number of piperidine rings is 1. The molecule has 1 amide bonds. The third kappa shape index (κ3) is 4.03. The van der Waals surface area contributed by atoms with Crippen LogP contribution in [-0.4, -0.2) is 40.2 Å². The molecule has 0 aromatic carbocycles. The maximum absolute atomic E-state index is 12.5. The van der Waals surface area contributed by atoms with Gasteiger partial charge < -0.3 is 14.7 Å². The van der Waals surface area contributed by atoms with Gasteiger partial charge in [0.15, 0.2) is 0 Å². The molecule has 0 radical (unpaired) electrons. The minimum atomic E-state index is -0.0240. The summed E-state index contributed by atoms with van der Waals surface area (Å²) in [5.74, 6) is 2.09. The molecule has 7 nitrogen and oxygen atoms in total. The summed E-state index contributed by atoms with van der Waals surface area (Å²) in [5.41, 5.74) is 0.846. The second kappa shape index (κ2) is 8.29. The molecular formula is C19H27N5O2. The van der Waals surface area contributed by atoms with Gasteiger partial charge in [-0.1, -0.05) is 19.0 Å². The van der Waals surface area contributed by atoms with E-state index >= 15 is 0 Å². The molecule has 1 N–H and O–H groups in total. The maximum atomic E-state index is 12.5. The van der Waals surface area contributed by atoms with Crippen LogP contribution in [0.15, 0.2) is 22.9 Å². The van der Waals surface area contributed by atoms with Crippen LogP contribution in [0.25, 0.3) is 11.4 Å². The van der Waals surface area contributed by atoms with E-state index in [-0.39, 0.29) is 17.9 Å². The Balaban J connectivity index is 1.79. The summed E-state index contributed by atoms with van der Waals surface area (Å²) < 4.78 is 5.25. The molecule has 1 fully saturated rings. The highest BCUT2D eigenvalue weighted by Gasteiger charge is 2.29. The summed E-state index contributed by atoms with van der Waals surface area (Å²) in [7, 11) is 0. The number of anilines is 1. The summed E-state index contributed by atoms with van der Waals surface area (Å²) >= 11 is 0. The molecule has 0 spiro atoms. The standard InChI is InChI=1S/C19H27N5O2/c1-4-13(3)21-19(25)14-8-7-11-24(12-14)18-15(9-6-10-20-18)17-22-16(5-2)26-23-17/h6,9-10,13-14H,4-5,7-8,11-12H2,1-3H3,(H,21,25)/t13-,14+/m0/s1. The van der Waals surface area contributed by atoms with Gasteiger partial charge in [-0.15, -0.1) is 0 Å². The molecule has 140 valence electrons. The lowest BCUT2D eigenvalue weighted by Gasteiger charge is -2.34. The Kier molecular flexibility index (Phi) is 5.85. The van der Waals surface area contributed by atoms with Gasteiger partial charge >= 0.3 is 0 Å². The van der Waals surface area contributed by atoms with Crippen molar-refractivity contribution < 1.29 is 9.32 Å². The lowest BCUT2D eigenvalue weighted by molar-refractivity contribution is -0.125. The van der Waals surface area contributed by atoms with Gasteiger partial charge in [0.25, 0.3) is 0 Å². The van der Waals surface area contributed by atoms with Gasteiger partial charge in [-0.05, 0) is 38.3 Å². The molecule has 2 atom stereocenters. The van der Waals surface area contributed by atoms with Crippen LogP contribution in [0.5, 0.6) is 0 Å². The zero-order valence-electron chi connectivity index (χ0n) is 15.7. The highest BCUT2D eigenvalue weighted by molar-refractivity contribution is 5.80. The summed E-state index contributed by atoms with van der Waals surface area (Å²) in [5, 5.41) is 7.19. The Labute approximate surface area is 154 Å². The monoisotopic (exact) mass is 357 g/mol. The molecule has 26 heavy (non-hydrogen) atoms. The fourth-order valence-corrected chi connectivity index (χ4v) is 3.18. The summed E-state index contributed by atoms with van der Waals surface area (Å²) in [4.78, 5) is 23.7. The normalized spacial score (nSPS) is 18.6. The van der Waals surface area contributed by atoms with Crippen molar-refractivity contribution in [3.05, 3.63) is 24.2 Å². The quantitative estimate of drug-likeness (QED) is 0.856. The number of hydrogen-bond donors (Lipinski definition) is 1. The smallest absolute Gasteiger partial charge is 0.226 e. The SMILES string of the molecule is CCc1nc(-c2cccnc2N2CCC[C@@H](C(=O)N[C@@H](C)CC)C2)no1. The predicted molar refractivity (Wildman–Crippen MR) is 99.7 cm³/mol. The van der Waals surface area contributed by atoms with Crippen LogP contribution in [0.3, 0.4) is 0 Å². The molecule has 0 saturated carbocycles. The first-order chi connectivity index (χ1) is 12.6. The van der Waals surface area contributed by atoms with Gasteiger partial charge in [0.05, 0.1) is 11.5 Å². The Bertz CT molecular complexity index is 745. The summed E-state index contributed by atoms with van der Waals surface area (Å²) in [6.07, 6.45) is 5.26. The van der Waals surface area contributed by atoms with E-state index in [0.717, 1.165) is 37.2 Å². The van der Waals surface area contributed by atoms with Crippen molar-refractivity contribution in [1.82, 2.24) is 20.4 Å². The zero-order chi connectivity index (χ0) is 18.5. The van der Waals surface area contributed by atoms with Gasteiger partial charge in [-0.2, -0.15) is 4.98 Å². The van der Waals surface area contributed by atoms with Gasteiger partial charge in [0.1, 0.15) is 5.82 Å². The van der Waals surface area contributed by atoms with E-state index in [0.29, 0.717) is 24.7 Å². The minimum absolute atomic E-state index is 0.0240. The van der Waals surface area contributed by atoms with Crippen molar-refractivity contribution in [2.75, 3.05) is 18.0 Å². The number of hydrogen-bond acceptors (Lipinski definition) is 6.